The van der Waals surface area contributed by atoms with Crippen molar-refractivity contribution in [3.63, 3.8) is 0 Å². The van der Waals surface area contributed by atoms with Crippen molar-refractivity contribution >= 4 is 17.2 Å². The Balaban J connectivity index is 2.89. The third-order valence-electron chi connectivity index (χ3n) is 2.70. The lowest BCUT2D eigenvalue weighted by molar-refractivity contribution is 0.101. The van der Waals surface area contributed by atoms with Gasteiger partial charge in [-0.25, -0.2) is 0 Å². The number of nitrogens with zero attached hydrogens (tertiary/aromatic N) is 1. The summed E-state index contributed by atoms with van der Waals surface area (Å²) in [5.41, 5.74) is 7.97. The predicted octanol–water partition coefficient (Wildman–Crippen LogP) is 2.71. The third-order valence-corrected chi connectivity index (χ3v) is 2.70. The molecule has 2 N–H and O–H groups in total. The lowest BCUT2D eigenvalue weighted by Gasteiger charge is -2.20. The van der Waals surface area contributed by atoms with E-state index >= 15 is 0 Å². The second kappa shape index (κ2) is 5.54. The summed E-state index contributed by atoms with van der Waals surface area (Å²) >= 11 is 0. The number of nitrogen functional groups attached to an aromatic ring is 1. The van der Waals surface area contributed by atoms with Crippen LogP contribution in [0.1, 0.15) is 37.0 Å². The molecule has 0 amide bonds. The van der Waals surface area contributed by atoms with Gasteiger partial charge >= 0.3 is 0 Å². The number of ketones is 1. The maximum absolute atomic E-state index is 11.4. The van der Waals surface area contributed by atoms with E-state index in [-0.39, 0.29) is 5.78 Å². The zero-order valence-corrected chi connectivity index (χ0v) is 10.3. The van der Waals surface area contributed by atoms with Crippen molar-refractivity contribution in [3.05, 3.63) is 23.8 Å². The van der Waals surface area contributed by atoms with Gasteiger partial charge in [0, 0.05) is 30.5 Å². The summed E-state index contributed by atoms with van der Waals surface area (Å²) in [6, 6.07) is 5.62. The van der Waals surface area contributed by atoms with Gasteiger partial charge in [0.05, 0.1) is 0 Å². The number of hydrogen-bond donors (Lipinski definition) is 1. The van der Waals surface area contributed by atoms with Crippen LogP contribution in [0, 0.1) is 0 Å². The fraction of sp³-hybridized carbons (Fsp3) is 0.462. The van der Waals surface area contributed by atoms with Gasteiger partial charge in [0.15, 0.2) is 5.78 Å². The molecule has 0 spiro atoms. The van der Waals surface area contributed by atoms with Crippen molar-refractivity contribution in [1.82, 2.24) is 0 Å². The number of rotatable bonds is 5. The smallest absolute Gasteiger partial charge is 0.161 e. The van der Waals surface area contributed by atoms with E-state index in [0.717, 1.165) is 18.7 Å². The number of unbranched alkanes of at least 4 members (excludes halogenated alkanes) is 1. The van der Waals surface area contributed by atoms with Crippen molar-refractivity contribution in [2.24, 2.45) is 0 Å². The zero-order valence-electron chi connectivity index (χ0n) is 10.3. The molecule has 0 saturated heterocycles. The number of hydrogen-bond acceptors (Lipinski definition) is 3. The molecule has 0 atom stereocenters. The first-order valence-corrected chi connectivity index (χ1v) is 5.67. The van der Waals surface area contributed by atoms with Crippen LogP contribution in [0.15, 0.2) is 18.2 Å². The highest BCUT2D eigenvalue weighted by Crippen LogP contribution is 2.21. The molecule has 0 aliphatic rings. The summed E-state index contributed by atoms with van der Waals surface area (Å²) in [7, 11) is 2.03. The van der Waals surface area contributed by atoms with Gasteiger partial charge in [0.2, 0.25) is 0 Å². The minimum atomic E-state index is 0.0169. The zero-order chi connectivity index (χ0) is 12.1. The Hall–Kier alpha value is -1.51. The van der Waals surface area contributed by atoms with E-state index in [2.05, 4.69) is 11.8 Å². The number of carbonyl (C=O) groups excluding carboxylic acids is 1. The molecule has 0 saturated carbocycles. The van der Waals surface area contributed by atoms with E-state index in [1.165, 1.54) is 6.42 Å². The van der Waals surface area contributed by atoms with Crippen LogP contribution < -0.4 is 10.6 Å². The molecule has 0 bridgehead atoms. The van der Waals surface area contributed by atoms with Crippen molar-refractivity contribution in [1.29, 1.82) is 0 Å². The topological polar surface area (TPSA) is 46.3 Å². The van der Waals surface area contributed by atoms with E-state index < -0.39 is 0 Å². The Bertz CT molecular complexity index is 374. The molecular weight excluding hydrogens is 200 g/mol. The van der Waals surface area contributed by atoms with Gasteiger partial charge in [-0.2, -0.15) is 0 Å². The molecular formula is C13H20N2O. The second-order valence-electron chi connectivity index (χ2n) is 4.10. The van der Waals surface area contributed by atoms with Crippen molar-refractivity contribution in [2.45, 2.75) is 26.7 Å². The van der Waals surface area contributed by atoms with Crippen LogP contribution >= 0.6 is 0 Å². The molecule has 0 aliphatic heterocycles. The molecule has 0 heterocycles. The standard InChI is InChI=1S/C13H20N2O/c1-4-5-8-15(3)11-6-7-13(14)12(9-11)10(2)16/h6-7,9H,4-5,8,14H2,1-3H3. The predicted molar refractivity (Wildman–Crippen MR) is 69.0 cm³/mol. The molecule has 1 rings (SSSR count). The Labute approximate surface area is 97.2 Å². The van der Waals surface area contributed by atoms with Gasteiger partial charge < -0.3 is 10.6 Å². The number of anilines is 2. The average molecular weight is 220 g/mol. The number of carbonyl (C=O) groups is 1. The normalized spacial score (nSPS) is 10.2. The SMILES string of the molecule is CCCCN(C)c1ccc(N)c(C(C)=O)c1. The Kier molecular flexibility index (Phi) is 4.35. The maximum Gasteiger partial charge on any atom is 0.161 e. The van der Waals surface area contributed by atoms with Crippen LogP contribution in [0.3, 0.4) is 0 Å². The van der Waals surface area contributed by atoms with Gasteiger partial charge in [0.25, 0.3) is 0 Å². The minimum Gasteiger partial charge on any atom is -0.398 e. The Morgan fingerprint density at radius 3 is 2.69 bits per heavy atom. The van der Waals surface area contributed by atoms with E-state index in [4.69, 9.17) is 5.73 Å². The molecule has 0 aliphatic carbocycles. The summed E-state index contributed by atoms with van der Waals surface area (Å²) in [4.78, 5) is 13.5. The van der Waals surface area contributed by atoms with Crippen LogP contribution in [-0.4, -0.2) is 19.4 Å². The molecule has 0 radical (unpaired) electrons. The number of nitrogens with two attached hydrogens (primary N) is 1. The number of benzene rings is 1. The molecule has 3 heteroatoms. The second-order valence-corrected chi connectivity index (χ2v) is 4.10. The molecule has 1 aromatic carbocycles. The van der Waals surface area contributed by atoms with E-state index in [0.29, 0.717) is 11.3 Å². The van der Waals surface area contributed by atoms with Crippen molar-refractivity contribution in [2.75, 3.05) is 24.2 Å². The molecule has 0 fully saturated rings. The highest BCUT2D eigenvalue weighted by Gasteiger charge is 2.07. The molecule has 0 aromatic heterocycles. The van der Waals surface area contributed by atoms with Gasteiger partial charge in [-0.05, 0) is 31.5 Å². The average Bonchev–Trinajstić information content (AvgIpc) is 2.26. The van der Waals surface area contributed by atoms with Crippen LogP contribution in [0.5, 0.6) is 0 Å². The van der Waals surface area contributed by atoms with Gasteiger partial charge in [-0.3, -0.25) is 4.79 Å². The maximum atomic E-state index is 11.4. The van der Waals surface area contributed by atoms with Gasteiger partial charge in [-0.1, -0.05) is 13.3 Å². The first kappa shape index (κ1) is 12.6. The Morgan fingerprint density at radius 1 is 1.44 bits per heavy atom. The summed E-state index contributed by atoms with van der Waals surface area (Å²) in [6.45, 7) is 4.71. The van der Waals surface area contributed by atoms with Crippen LogP contribution in [0.25, 0.3) is 0 Å². The lowest BCUT2D eigenvalue weighted by atomic mass is 10.1. The summed E-state index contributed by atoms with van der Waals surface area (Å²) in [6.07, 6.45) is 2.31. The van der Waals surface area contributed by atoms with E-state index in [1.54, 1.807) is 13.0 Å². The molecule has 88 valence electrons. The van der Waals surface area contributed by atoms with Gasteiger partial charge in [-0.15, -0.1) is 0 Å². The van der Waals surface area contributed by atoms with E-state index in [1.807, 2.05) is 19.2 Å². The molecule has 16 heavy (non-hydrogen) atoms. The van der Waals surface area contributed by atoms with Crippen molar-refractivity contribution < 1.29 is 4.79 Å². The minimum absolute atomic E-state index is 0.0169. The highest BCUT2D eigenvalue weighted by molar-refractivity contribution is 6.00. The number of Topliss-reactive ketones (excluding diaryl/α,β-unsaturated/α-hetero) is 1. The molecule has 1 aromatic rings. The fourth-order valence-corrected chi connectivity index (χ4v) is 1.61. The third kappa shape index (κ3) is 2.99. The van der Waals surface area contributed by atoms with Gasteiger partial charge in [0.1, 0.15) is 0 Å². The molecule has 0 unspecified atom stereocenters. The van der Waals surface area contributed by atoms with Crippen molar-refractivity contribution in [3.8, 4) is 0 Å². The fourth-order valence-electron chi connectivity index (χ4n) is 1.61. The first-order chi connectivity index (χ1) is 7.56. The lowest BCUT2D eigenvalue weighted by Crippen LogP contribution is -2.18. The summed E-state index contributed by atoms with van der Waals surface area (Å²) < 4.78 is 0. The van der Waals surface area contributed by atoms with E-state index in [9.17, 15) is 4.79 Å². The first-order valence-electron chi connectivity index (χ1n) is 5.67. The Morgan fingerprint density at radius 2 is 2.12 bits per heavy atom. The summed E-state index contributed by atoms with van der Waals surface area (Å²) in [5.74, 6) is 0.0169. The monoisotopic (exact) mass is 220 g/mol. The van der Waals surface area contributed by atoms with Crippen LogP contribution in [-0.2, 0) is 0 Å². The van der Waals surface area contributed by atoms with Crippen LogP contribution in [0.4, 0.5) is 11.4 Å². The molecule has 3 nitrogen and oxygen atoms in total. The largest absolute Gasteiger partial charge is 0.398 e. The summed E-state index contributed by atoms with van der Waals surface area (Å²) in [5, 5.41) is 0. The van der Waals surface area contributed by atoms with Crippen LogP contribution in [0.2, 0.25) is 0 Å². The quantitative estimate of drug-likeness (QED) is 0.613. The highest BCUT2D eigenvalue weighted by atomic mass is 16.1.